The van der Waals surface area contributed by atoms with Crippen LogP contribution in [0.25, 0.3) is 0 Å². The minimum Gasteiger partial charge on any atom is -0.466 e. The Balaban J connectivity index is 2.03. The van der Waals surface area contributed by atoms with Crippen LogP contribution in [0.5, 0.6) is 0 Å². The van der Waals surface area contributed by atoms with E-state index >= 15 is 0 Å². The van der Waals surface area contributed by atoms with Gasteiger partial charge in [-0.2, -0.15) is 0 Å². The zero-order valence-electron chi connectivity index (χ0n) is 44.8. The maximum absolute atomic E-state index is 13.0. The van der Waals surface area contributed by atoms with Crippen LogP contribution in [0.1, 0.15) is 284 Å². The molecule has 0 bridgehead atoms. The highest BCUT2D eigenvalue weighted by molar-refractivity contribution is 5.76. The summed E-state index contributed by atoms with van der Waals surface area (Å²) < 4.78 is 16.7. The van der Waals surface area contributed by atoms with E-state index in [2.05, 4.69) is 19.2 Å². The van der Waals surface area contributed by atoms with Crippen LogP contribution in [-0.4, -0.2) is 100 Å². The second kappa shape index (κ2) is 48.7. The van der Waals surface area contributed by atoms with Crippen molar-refractivity contribution in [3.05, 3.63) is 12.2 Å². The maximum atomic E-state index is 13.0. The van der Waals surface area contributed by atoms with Gasteiger partial charge in [-0.15, -0.1) is 0 Å². The molecule has 1 amide bonds. The number of allylic oxidation sites excluding steroid dienone is 1. The topological polar surface area (TPSA) is 175 Å². The molecule has 408 valence electrons. The van der Waals surface area contributed by atoms with Crippen LogP contribution in [0, 0.1) is 0 Å². The molecule has 1 heterocycles. The highest BCUT2D eigenvalue weighted by Gasteiger charge is 2.44. The van der Waals surface area contributed by atoms with Gasteiger partial charge in [-0.25, -0.2) is 0 Å². The van der Waals surface area contributed by atoms with E-state index in [1.807, 2.05) is 6.08 Å². The van der Waals surface area contributed by atoms with Crippen molar-refractivity contribution in [1.29, 1.82) is 0 Å². The Bertz CT molecular complexity index is 1160. The molecule has 0 aromatic heterocycles. The highest BCUT2D eigenvalue weighted by Crippen LogP contribution is 2.23. The van der Waals surface area contributed by atoms with Gasteiger partial charge < -0.3 is 45.1 Å². The number of amides is 1. The quantitative estimate of drug-likeness (QED) is 0.0195. The van der Waals surface area contributed by atoms with Gasteiger partial charge in [-0.1, -0.05) is 251 Å². The molecule has 0 spiro atoms. The smallest absolute Gasteiger partial charge is 0.305 e. The molecule has 1 fully saturated rings. The summed E-state index contributed by atoms with van der Waals surface area (Å²) in [5.41, 5.74) is 0. The van der Waals surface area contributed by atoms with Crippen LogP contribution < -0.4 is 5.32 Å². The van der Waals surface area contributed by atoms with Crippen molar-refractivity contribution < 1.29 is 49.3 Å². The summed E-state index contributed by atoms with van der Waals surface area (Å²) >= 11 is 0. The number of rotatable bonds is 51. The molecule has 7 atom stereocenters. The fourth-order valence-corrected chi connectivity index (χ4v) is 9.44. The summed E-state index contributed by atoms with van der Waals surface area (Å²) in [6.45, 7) is 4.29. The van der Waals surface area contributed by atoms with Gasteiger partial charge in [0.15, 0.2) is 6.29 Å². The van der Waals surface area contributed by atoms with E-state index in [9.17, 15) is 35.1 Å². The Morgan fingerprint density at radius 2 is 0.913 bits per heavy atom. The molecule has 1 saturated heterocycles. The zero-order valence-corrected chi connectivity index (χ0v) is 44.8. The van der Waals surface area contributed by atoms with E-state index in [0.29, 0.717) is 19.4 Å². The molecule has 0 aromatic carbocycles. The SMILES string of the molecule is CCCCCCCCC/C=C/C(O)C(COC1OC(CO)C(O)C(O)C1O)NC(=O)CCCCCCCCCCCCCCCCOC(=O)CCCCCCCCCCCCCCCCCCCC. The molecule has 0 aliphatic carbocycles. The number of hydrogen-bond acceptors (Lipinski definition) is 10. The van der Waals surface area contributed by atoms with Crippen molar-refractivity contribution in [2.75, 3.05) is 19.8 Å². The minimum absolute atomic E-state index is 0.0183. The number of hydrogen-bond donors (Lipinski definition) is 6. The van der Waals surface area contributed by atoms with E-state index in [1.165, 1.54) is 186 Å². The van der Waals surface area contributed by atoms with Crippen LogP contribution in [0.2, 0.25) is 0 Å². The summed E-state index contributed by atoms with van der Waals surface area (Å²) in [5, 5.41) is 54.2. The number of aliphatic hydroxyl groups is 5. The van der Waals surface area contributed by atoms with Gasteiger partial charge in [0.25, 0.3) is 0 Å². The van der Waals surface area contributed by atoms with Gasteiger partial charge in [0, 0.05) is 12.8 Å². The Hall–Kier alpha value is -1.60. The molecule has 0 radical (unpaired) electrons. The molecule has 6 N–H and O–H groups in total. The lowest BCUT2D eigenvalue weighted by Gasteiger charge is -2.40. The number of ether oxygens (including phenoxy) is 3. The van der Waals surface area contributed by atoms with Gasteiger partial charge >= 0.3 is 5.97 Å². The van der Waals surface area contributed by atoms with E-state index in [4.69, 9.17) is 14.2 Å². The molecule has 11 nitrogen and oxygen atoms in total. The lowest BCUT2D eigenvalue weighted by Crippen LogP contribution is -2.60. The summed E-state index contributed by atoms with van der Waals surface area (Å²) in [4.78, 5) is 25.1. The fraction of sp³-hybridized carbons (Fsp3) is 0.931. The third-order valence-electron chi connectivity index (χ3n) is 14.2. The highest BCUT2D eigenvalue weighted by atomic mass is 16.7. The van der Waals surface area contributed by atoms with E-state index < -0.39 is 49.5 Å². The summed E-state index contributed by atoms with van der Waals surface area (Å²) in [5.74, 6) is -0.211. The van der Waals surface area contributed by atoms with Crippen LogP contribution in [0.15, 0.2) is 12.2 Å². The second-order valence-corrected chi connectivity index (χ2v) is 20.7. The van der Waals surface area contributed by atoms with Crippen molar-refractivity contribution in [1.82, 2.24) is 5.32 Å². The van der Waals surface area contributed by atoms with Crippen molar-refractivity contribution in [3.8, 4) is 0 Å². The Morgan fingerprint density at radius 3 is 1.35 bits per heavy atom. The predicted molar refractivity (Wildman–Crippen MR) is 283 cm³/mol. The first kappa shape index (κ1) is 65.4. The van der Waals surface area contributed by atoms with Crippen molar-refractivity contribution in [2.24, 2.45) is 0 Å². The van der Waals surface area contributed by atoms with E-state index in [-0.39, 0.29) is 18.5 Å². The first-order valence-corrected chi connectivity index (χ1v) is 29.5. The average Bonchev–Trinajstić information content (AvgIpc) is 3.34. The number of nitrogens with one attached hydrogen (secondary N) is 1. The maximum Gasteiger partial charge on any atom is 0.305 e. The third-order valence-corrected chi connectivity index (χ3v) is 14.2. The molecule has 1 rings (SSSR count). The van der Waals surface area contributed by atoms with Crippen LogP contribution in [-0.2, 0) is 23.8 Å². The number of carbonyl (C=O) groups excluding carboxylic acids is 2. The van der Waals surface area contributed by atoms with Crippen molar-refractivity contribution >= 4 is 11.9 Å². The molecule has 0 aromatic rings. The Labute approximate surface area is 423 Å². The first-order valence-electron chi connectivity index (χ1n) is 29.5. The lowest BCUT2D eigenvalue weighted by molar-refractivity contribution is -0.302. The number of carbonyl (C=O) groups is 2. The normalized spacial score (nSPS) is 19.3. The van der Waals surface area contributed by atoms with Gasteiger partial charge in [-0.05, 0) is 32.1 Å². The van der Waals surface area contributed by atoms with Gasteiger partial charge in [0.2, 0.25) is 5.91 Å². The Morgan fingerprint density at radius 1 is 0.522 bits per heavy atom. The van der Waals surface area contributed by atoms with Gasteiger partial charge in [-0.3, -0.25) is 9.59 Å². The number of esters is 1. The average molecular weight is 983 g/mol. The molecular formula is C58H111NO10. The van der Waals surface area contributed by atoms with Crippen LogP contribution in [0.4, 0.5) is 0 Å². The third kappa shape index (κ3) is 38.7. The molecule has 0 saturated carbocycles. The fourth-order valence-electron chi connectivity index (χ4n) is 9.44. The minimum atomic E-state index is -1.57. The number of aliphatic hydroxyl groups excluding tert-OH is 5. The van der Waals surface area contributed by atoms with Crippen LogP contribution in [0.3, 0.4) is 0 Å². The summed E-state index contributed by atoms with van der Waals surface area (Å²) in [6.07, 6.45) is 46.0. The molecular weight excluding hydrogens is 871 g/mol. The summed E-state index contributed by atoms with van der Waals surface area (Å²) in [6, 6.07) is -0.815. The van der Waals surface area contributed by atoms with Gasteiger partial charge in [0.1, 0.15) is 24.4 Å². The monoisotopic (exact) mass is 982 g/mol. The second-order valence-electron chi connectivity index (χ2n) is 20.7. The van der Waals surface area contributed by atoms with Crippen LogP contribution >= 0.6 is 0 Å². The lowest BCUT2D eigenvalue weighted by atomic mass is 9.99. The molecule has 7 unspecified atom stereocenters. The van der Waals surface area contributed by atoms with Gasteiger partial charge in [0.05, 0.1) is 32.0 Å². The number of unbranched alkanes of at least 4 members (excludes halogenated alkanes) is 37. The molecule has 11 heteroatoms. The predicted octanol–water partition coefficient (Wildman–Crippen LogP) is 13.2. The van der Waals surface area contributed by atoms with E-state index in [0.717, 1.165) is 70.6 Å². The summed E-state index contributed by atoms with van der Waals surface area (Å²) in [7, 11) is 0. The molecule has 69 heavy (non-hydrogen) atoms. The van der Waals surface area contributed by atoms with E-state index in [1.54, 1.807) is 6.08 Å². The molecule has 1 aliphatic rings. The Kier molecular flexibility index (Phi) is 46.1. The molecule has 1 aliphatic heterocycles. The first-order chi connectivity index (χ1) is 33.7. The zero-order chi connectivity index (χ0) is 50.3. The van der Waals surface area contributed by atoms with Crippen molar-refractivity contribution in [2.45, 2.75) is 326 Å². The largest absolute Gasteiger partial charge is 0.466 e. The standard InChI is InChI=1S/C58H111NO10/c1-3-5-7-9-11-13-14-15-16-17-18-19-23-26-30-34-38-42-46-54(63)67-47-43-39-35-31-27-24-21-20-22-25-29-33-37-41-45-53(62)59-50(51(61)44-40-36-32-28-12-10-8-6-4-2)49-68-58-57(66)56(65)55(64)52(48-60)69-58/h40,44,50-52,55-58,60-61,64-66H,3-39,41-43,45-49H2,1-2H3,(H,59,62)/b44-40+. The van der Waals surface area contributed by atoms with Crippen molar-refractivity contribution in [3.63, 3.8) is 0 Å².